The van der Waals surface area contributed by atoms with Crippen LogP contribution >= 0.6 is 11.8 Å². The maximum atomic E-state index is 13.0. The number of aliphatic carboxylic acids is 1. The molecule has 3 heterocycles. The molecule has 2 amide bonds. The van der Waals surface area contributed by atoms with Crippen molar-refractivity contribution in [3.05, 3.63) is 10.6 Å². The topological polar surface area (TPSA) is 133 Å². The van der Waals surface area contributed by atoms with Gasteiger partial charge in [-0.3, -0.25) is 14.4 Å². The first kappa shape index (κ1) is 26.2. The Hall–Kier alpha value is -2.40. The van der Waals surface area contributed by atoms with Crippen LogP contribution in [0.3, 0.4) is 0 Å². The van der Waals surface area contributed by atoms with Crippen LogP contribution in [0, 0.1) is 17.8 Å². The third kappa shape index (κ3) is 4.86. The van der Waals surface area contributed by atoms with Crippen molar-refractivity contribution in [3.8, 4) is 0 Å². The van der Waals surface area contributed by atoms with E-state index in [0.29, 0.717) is 17.9 Å². The van der Waals surface area contributed by atoms with Crippen molar-refractivity contribution < 1.29 is 33.8 Å². The second-order valence-electron chi connectivity index (χ2n) is 9.76. The van der Waals surface area contributed by atoms with Crippen LogP contribution in [0.4, 0.5) is 0 Å². The van der Waals surface area contributed by atoms with Gasteiger partial charge in [-0.25, -0.2) is 9.59 Å². The summed E-state index contributed by atoms with van der Waals surface area (Å²) in [4.78, 5) is 65.0. The lowest BCUT2D eigenvalue weighted by Crippen LogP contribution is -2.62. The van der Waals surface area contributed by atoms with E-state index >= 15 is 0 Å². The maximum Gasteiger partial charge on any atom is 0.374 e. The minimum absolute atomic E-state index is 0.00208. The Morgan fingerprint density at radius 1 is 1.24 bits per heavy atom. The number of Topliss-reactive ketones (excluding diaryl/α,β-unsaturated/α-hetero) is 1. The third-order valence-electron chi connectivity index (χ3n) is 6.61. The number of nitrogens with zero attached hydrogens (tertiary/aromatic N) is 2. The predicted molar refractivity (Wildman–Crippen MR) is 124 cm³/mol. The number of ether oxygens (including phenoxy) is 1. The Labute approximate surface area is 203 Å². The Morgan fingerprint density at radius 2 is 1.88 bits per heavy atom. The average Bonchev–Trinajstić information content (AvgIpc) is 3.29. The summed E-state index contributed by atoms with van der Waals surface area (Å²) in [5.41, 5.74) is -0.0103. The zero-order valence-electron chi connectivity index (χ0n) is 20.4. The van der Waals surface area contributed by atoms with Gasteiger partial charge in [0.2, 0.25) is 17.6 Å². The van der Waals surface area contributed by atoms with Gasteiger partial charge in [0.05, 0.1) is 24.1 Å². The highest BCUT2D eigenvalue weighted by molar-refractivity contribution is 8.03. The van der Waals surface area contributed by atoms with E-state index in [9.17, 15) is 29.1 Å². The number of hydrogen-bond donors (Lipinski definition) is 2. The molecular formula is C23H33N3O7S. The maximum absolute atomic E-state index is 13.0. The lowest BCUT2D eigenvalue weighted by molar-refractivity contribution is -0.162. The molecular weight excluding hydrogens is 462 g/mol. The van der Waals surface area contributed by atoms with Crippen LogP contribution in [0.5, 0.6) is 0 Å². The molecule has 3 rings (SSSR count). The Bertz CT molecular complexity index is 932. The molecule has 0 unspecified atom stereocenters. The zero-order valence-corrected chi connectivity index (χ0v) is 21.2. The van der Waals surface area contributed by atoms with Crippen molar-refractivity contribution in [1.29, 1.82) is 0 Å². The number of β-lactam (4-membered cyclic amide) rings is 1. The molecule has 0 bridgehead atoms. The van der Waals surface area contributed by atoms with Gasteiger partial charge in [-0.15, -0.1) is 11.8 Å². The number of nitrogens with one attached hydrogen (secondary N) is 1. The fourth-order valence-corrected chi connectivity index (χ4v) is 6.50. The van der Waals surface area contributed by atoms with Gasteiger partial charge in [-0.1, -0.05) is 13.8 Å². The molecule has 0 aliphatic carbocycles. The molecule has 6 atom stereocenters. The molecule has 2 saturated heterocycles. The standard InChI is InChI=1S/C23H33N3O7S/c1-10(2)33-23(32)15(27)7-11(3)16-17-12(4)19(18(22(30)31)26(17)21(16)29)34-13-8-14(24-9-13)20(28)25(5)6/h10-14,16-17,24H,7-9H2,1-6H3,(H,30,31)/t11-,12+,13-,14-,16+,17+/m0/s1. The second kappa shape index (κ2) is 10.1. The number of thioether (sulfide) groups is 1. The van der Waals surface area contributed by atoms with Crippen LogP contribution in [-0.4, -0.2) is 88.5 Å². The number of amides is 2. The number of ketones is 1. The van der Waals surface area contributed by atoms with Gasteiger partial charge in [-0.05, 0) is 26.2 Å². The van der Waals surface area contributed by atoms with Gasteiger partial charge in [0.1, 0.15) is 5.70 Å². The number of hydrogen-bond acceptors (Lipinski definition) is 8. The summed E-state index contributed by atoms with van der Waals surface area (Å²) >= 11 is 1.41. The van der Waals surface area contributed by atoms with Gasteiger partial charge in [0, 0.05) is 43.1 Å². The van der Waals surface area contributed by atoms with Gasteiger partial charge < -0.3 is 25.0 Å². The van der Waals surface area contributed by atoms with Crippen LogP contribution in [0.25, 0.3) is 0 Å². The molecule has 11 heteroatoms. The normalized spacial score (nSPS) is 29.1. The van der Waals surface area contributed by atoms with Crippen LogP contribution in [0.2, 0.25) is 0 Å². The molecule has 3 aliphatic rings. The molecule has 0 saturated carbocycles. The summed E-state index contributed by atoms with van der Waals surface area (Å²) in [6.45, 7) is 7.49. The van der Waals surface area contributed by atoms with Crippen molar-refractivity contribution in [2.24, 2.45) is 17.8 Å². The van der Waals surface area contributed by atoms with E-state index in [1.54, 1.807) is 34.9 Å². The first-order valence-corrected chi connectivity index (χ1v) is 12.4. The highest BCUT2D eigenvalue weighted by atomic mass is 32.2. The largest absolute Gasteiger partial charge is 0.477 e. The first-order chi connectivity index (χ1) is 15.8. The SMILES string of the molecule is CC(C)OC(=O)C(=O)C[C@H](C)[C@H]1C(=O)N2C(C(=O)O)=C(S[C@@H]3CN[C@H](C(=O)N(C)C)C3)[C@H](C)[C@H]12. The number of fused-ring (bicyclic) bond motifs is 1. The van der Waals surface area contributed by atoms with Gasteiger partial charge in [0.15, 0.2) is 0 Å². The number of carboxylic acid groups (broad SMARTS) is 1. The molecule has 0 aromatic rings. The summed E-state index contributed by atoms with van der Waals surface area (Å²) in [6, 6.07) is -0.695. The van der Waals surface area contributed by atoms with Crippen molar-refractivity contribution in [2.75, 3.05) is 20.6 Å². The van der Waals surface area contributed by atoms with Crippen molar-refractivity contribution in [2.45, 2.75) is 64.0 Å². The van der Waals surface area contributed by atoms with Crippen LogP contribution in [-0.2, 0) is 28.7 Å². The van der Waals surface area contributed by atoms with E-state index in [4.69, 9.17) is 4.74 Å². The minimum atomic E-state index is -1.17. The Morgan fingerprint density at radius 3 is 2.44 bits per heavy atom. The van der Waals surface area contributed by atoms with E-state index in [0.717, 1.165) is 0 Å². The number of likely N-dealkylation sites (N-methyl/N-ethyl adjacent to an activating group) is 1. The summed E-state index contributed by atoms with van der Waals surface area (Å²) in [6.07, 6.45) is 0.0163. The summed E-state index contributed by atoms with van der Waals surface area (Å²) < 4.78 is 4.95. The Balaban J connectivity index is 1.72. The molecule has 188 valence electrons. The van der Waals surface area contributed by atoms with Crippen molar-refractivity contribution >= 4 is 41.3 Å². The van der Waals surface area contributed by atoms with Gasteiger partial charge >= 0.3 is 11.9 Å². The van der Waals surface area contributed by atoms with Crippen molar-refractivity contribution in [1.82, 2.24) is 15.1 Å². The Kier molecular flexibility index (Phi) is 7.76. The monoisotopic (exact) mass is 495 g/mol. The van der Waals surface area contributed by atoms with E-state index in [-0.39, 0.29) is 47.2 Å². The summed E-state index contributed by atoms with van der Waals surface area (Å²) in [5.74, 6) is -4.35. The molecule has 34 heavy (non-hydrogen) atoms. The number of carbonyl (C=O) groups excluding carboxylic acids is 4. The molecule has 10 nitrogen and oxygen atoms in total. The smallest absolute Gasteiger partial charge is 0.374 e. The fourth-order valence-electron chi connectivity index (χ4n) is 5.02. The third-order valence-corrected chi connectivity index (χ3v) is 8.12. The first-order valence-electron chi connectivity index (χ1n) is 11.5. The van der Waals surface area contributed by atoms with Crippen LogP contribution in [0.1, 0.15) is 40.5 Å². The molecule has 0 radical (unpaired) electrons. The van der Waals surface area contributed by atoms with E-state index in [1.807, 2.05) is 6.92 Å². The van der Waals surface area contributed by atoms with Gasteiger partial charge in [0.25, 0.3) is 0 Å². The van der Waals surface area contributed by atoms with E-state index in [1.165, 1.54) is 21.6 Å². The van der Waals surface area contributed by atoms with Crippen molar-refractivity contribution in [3.63, 3.8) is 0 Å². The second-order valence-corrected chi connectivity index (χ2v) is 11.1. The van der Waals surface area contributed by atoms with E-state index in [2.05, 4.69) is 5.32 Å². The highest BCUT2D eigenvalue weighted by Crippen LogP contribution is 2.53. The van der Waals surface area contributed by atoms with Gasteiger partial charge in [-0.2, -0.15) is 0 Å². The predicted octanol–water partition coefficient (Wildman–Crippen LogP) is 0.858. The number of carbonyl (C=O) groups is 5. The molecule has 0 spiro atoms. The average molecular weight is 496 g/mol. The molecule has 0 aromatic carbocycles. The quantitative estimate of drug-likeness (QED) is 0.271. The van der Waals surface area contributed by atoms with E-state index < -0.39 is 35.7 Å². The fraction of sp³-hybridized carbons (Fsp3) is 0.696. The molecule has 3 aliphatic heterocycles. The summed E-state index contributed by atoms with van der Waals surface area (Å²) in [5, 5.41) is 13.1. The molecule has 2 fully saturated rings. The zero-order chi connectivity index (χ0) is 25.5. The minimum Gasteiger partial charge on any atom is -0.477 e. The van der Waals surface area contributed by atoms with Crippen LogP contribution in [0.15, 0.2) is 10.6 Å². The molecule has 0 aromatic heterocycles. The summed E-state index contributed by atoms with van der Waals surface area (Å²) in [7, 11) is 3.39. The number of rotatable bonds is 9. The highest BCUT2D eigenvalue weighted by Gasteiger charge is 2.60. The van der Waals surface area contributed by atoms with Crippen LogP contribution < -0.4 is 5.32 Å². The number of carboxylic acids is 1. The molecule has 2 N–H and O–H groups in total. The lowest BCUT2D eigenvalue weighted by Gasteiger charge is -2.47. The lowest BCUT2D eigenvalue weighted by atomic mass is 9.73. The number of esters is 1.